The zero-order valence-corrected chi connectivity index (χ0v) is 12.7. The zero-order chi connectivity index (χ0) is 15.2. The van der Waals surface area contributed by atoms with Gasteiger partial charge >= 0.3 is 0 Å². The van der Waals surface area contributed by atoms with Crippen LogP contribution in [-0.4, -0.2) is 30.0 Å². The quantitative estimate of drug-likeness (QED) is 0.892. The number of halogens is 2. The normalized spacial score (nSPS) is 12.6. The van der Waals surface area contributed by atoms with E-state index in [9.17, 15) is 4.39 Å². The molecule has 0 saturated heterocycles. The van der Waals surface area contributed by atoms with Crippen LogP contribution in [0.5, 0.6) is 0 Å². The maximum Gasteiger partial charge on any atom is 0.142 e. The van der Waals surface area contributed by atoms with E-state index in [1.54, 1.807) is 12.3 Å². The molecule has 1 heterocycles. The number of hydrogen-bond donors (Lipinski definition) is 1. The van der Waals surface area contributed by atoms with E-state index in [1.165, 1.54) is 6.07 Å². The molecule has 0 spiro atoms. The van der Waals surface area contributed by atoms with Crippen molar-refractivity contribution in [3.63, 3.8) is 0 Å². The van der Waals surface area contributed by atoms with Gasteiger partial charge in [0.15, 0.2) is 0 Å². The van der Waals surface area contributed by atoms with Crippen LogP contribution in [0.3, 0.4) is 0 Å². The van der Waals surface area contributed by atoms with Gasteiger partial charge in [0, 0.05) is 37.4 Å². The number of nitrogens with zero attached hydrogens (tertiary/aromatic N) is 2. The van der Waals surface area contributed by atoms with Gasteiger partial charge in [0.25, 0.3) is 0 Å². The average Bonchev–Trinajstić information content (AvgIpc) is 2.50. The number of hydrogen-bond acceptors (Lipinski definition) is 3. The van der Waals surface area contributed by atoms with Crippen LogP contribution in [0.25, 0.3) is 0 Å². The van der Waals surface area contributed by atoms with Crippen LogP contribution < -0.4 is 5.73 Å². The van der Waals surface area contributed by atoms with E-state index < -0.39 is 5.82 Å². The fourth-order valence-electron chi connectivity index (χ4n) is 2.28. The lowest BCUT2D eigenvalue weighted by atomic mass is 10.1. The molecule has 0 saturated carbocycles. The molecule has 3 nitrogen and oxygen atoms in total. The molecule has 5 heteroatoms. The van der Waals surface area contributed by atoms with Crippen LogP contribution in [0.2, 0.25) is 5.02 Å². The average molecular weight is 308 g/mol. The second-order valence-electron chi connectivity index (χ2n) is 4.98. The lowest BCUT2D eigenvalue weighted by Gasteiger charge is -2.27. The van der Waals surface area contributed by atoms with Crippen LogP contribution in [0.4, 0.5) is 4.39 Å². The van der Waals surface area contributed by atoms with Crippen molar-refractivity contribution in [1.29, 1.82) is 0 Å². The van der Waals surface area contributed by atoms with Crippen LogP contribution in [0.15, 0.2) is 42.6 Å². The van der Waals surface area contributed by atoms with Crippen molar-refractivity contribution in [1.82, 2.24) is 9.88 Å². The van der Waals surface area contributed by atoms with Crippen molar-refractivity contribution in [2.24, 2.45) is 5.73 Å². The molecule has 1 aromatic carbocycles. The van der Waals surface area contributed by atoms with Crippen molar-refractivity contribution in [3.05, 3.63) is 64.7 Å². The molecule has 2 aromatic rings. The highest BCUT2D eigenvalue weighted by Crippen LogP contribution is 2.23. The minimum Gasteiger partial charge on any atom is -0.329 e. The first-order chi connectivity index (χ1) is 10.1. The van der Waals surface area contributed by atoms with Crippen molar-refractivity contribution in [3.8, 4) is 0 Å². The summed E-state index contributed by atoms with van der Waals surface area (Å²) in [5.41, 5.74) is 7.72. The van der Waals surface area contributed by atoms with E-state index >= 15 is 0 Å². The van der Waals surface area contributed by atoms with E-state index in [1.807, 2.05) is 31.3 Å². The summed E-state index contributed by atoms with van der Waals surface area (Å²) in [4.78, 5) is 6.41. The van der Waals surface area contributed by atoms with Gasteiger partial charge in [0.2, 0.25) is 0 Å². The molecule has 112 valence electrons. The Kier molecular flexibility index (Phi) is 5.67. The zero-order valence-electron chi connectivity index (χ0n) is 12.0. The Morgan fingerprint density at radius 2 is 2.14 bits per heavy atom. The van der Waals surface area contributed by atoms with Crippen molar-refractivity contribution in [2.75, 3.05) is 20.1 Å². The molecule has 2 N–H and O–H groups in total. The Bertz CT molecular complexity index is 577. The summed E-state index contributed by atoms with van der Waals surface area (Å²) in [5.74, 6) is -0.411. The Hall–Kier alpha value is -1.49. The fraction of sp³-hybridized carbons (Fsp3) is 0.312. The molecule has 0 amide bonds. The third-order valence-corrected chi connectivity index (χ3v) is 3.84. The van der Waals surface area contributed by atoms with Crippen LogP contribution in [0.1, 0.15) is 17.3 Å². The third-order valence-electron chi connectivity index (χ3n) is 3.53. The topological polar surface area (TPSA) is 42.2 Å². The van der Waals surface area contributed by atoms with Gasteiger partial charge in [-0.15, -0.1) is 0 Å². The van der Waals surface area contributed by atoms with Gasteiger partial charge in [-0.2, -0.15) is 0 Å². The standard InChI is InChI=1S/C16H19ClFN3/c1-21(9-7-13-4-2-3-8-20-13)16(11-19)12-5-6-14(17)15(18)10-12/h2-6,8,10,16H,7,9,11,19H2,1H3. The Balaban J connectivity index is 2.04. The second kappa shape index (κ2) is 7.50. The van der Waals surface area contributed by atoms with Gasteiger partial charge in [-0.05, 0) is 36.9 Å². The maximum absolute atomic E-state index is 13.6. The van der Waals surface area contributed by atoms with Crippen LogP contribution in [0, 0.1) is 5.82 Å². The number of likely N-dealkylation sites (N-methyl/N-ethyl adjacent to an activating group) is 1. The van der Waals surface area contributed by atoms with Crippen LogP contribution in [-0.2, 0) is 6.42 Å². The molecule has 1 aromatic heterocycles. The Morgan fingerprint density at radius 3 is 2.76 bits per heavy atom. The molecule has 2 rings (SSSR count). The highest BCUT2D eigenvalue weighted by Gasteiger charge is 2.16. The number of rotatable bonds is 6. The summed E-state index contributed by atoms with van der Waals surface area (Å²) in [6.07, 6.45) is 2.61. The van der Waals surface area contributed by atoms with E-state index in [4.69, 9.17) is 17.3 Å². The number of benzene rings is 1. The largest absolute Gasteiger partial charge is 0.329 e. The van der Waals surface area contributed by atoms with Gasteiger partial charge in [-0.3, -0.25) is 9.88 Å². The Labute approximate surface area is 129 Å². The predicted octanol–water partition coefficient (Wildman–Crippen LogP) is 3.05. The van der Waals surface area contributed by atoms with E-state index in [0.717, 1.165) is 24.2 Å². The van der Waals surface area contributed by atoms with Crippen molar-refractivity contribution in [2.45, 2.75) is 12.5 Å². The first kappa shape index (κ1) is 15.9. The fourth-order valence-corrected chi connectivity index (χ4v) is 2.40. The highest BCUT2D eigenvalue weighted by atomic mass is 35.5. The number of pyridine rings is 1. The van der Waals surface area contributed by atoms with E-state index in [0.29, 0.717) is 6.54 Å². The molecular weight excluding hydrogens is 289 g/mol. The predicted molar refractivity (Wildman–Crippen MR) is 83.8 cm³/mol. The lowest BCUT2D eigenvalue weighted by Crippen LogP contribution is -2.32. The Morgan fingerprint density at radius 1 is 1.33 bits per heavy atom. The molecule has 0 bridgehead atoms. The summed E-state index contributed by atoms with van der Waals surface area (Å²) in [6, 6.07) is 10.7. The van der Waals surface area contributed by atoms with Gasteiger partial charge in [0.05, 0.1) is 5.02 Å². The molecule has 0 aliphatic rings. The molecule has 0 aliphatic heterocycles. The van der Waals surface area contributed by atoms with E-state index in [2.05, 4.69) is 9.88 Å². The second-order valence-corrected chi connectivity index (χ2v) is 5.38. The van der Waals surface area contributed by atoms with Crippen molar-refractivity contribution >= 4 is 11.6 Å². The summed E-state index contributed by atoms with van der Waals surface area (Å²) in [7, 11) is 1.98. The summed E-state index contributed by atoms with van der Waals surface area (Å²) in [5, 5.41) is 0.130. The molecule has 0 aliphatic carbocycles. The summed E-state index contributed by atoms with van der Waals surface area (Å²) < 4.78 is 13.6. The third kappa shape index (κ3) is 4.24. The molecule has 21 heavy (non-hydrogen) atoms. The summed E-state index contributed by atoms with van der Waals surface area (Å²) in [6.45, 7) is 1.21. The molecular formula is C16H19ClFN3. The van der Waals surface area contributed by atoms with Crippen LogP contribution >= 0.6 is 11.6 Å². The lowest BCUT2D eigenvalue weighted by molar-refractivity contribution is 0.252. The molecule has 0 radical (unpaired) electrons. The highest BCUT2D eigenvalue weighted by molar-refractivity contribution is 6.30. The number of nitrogens with two attached hydrogens (primary N) is 1. The van der Waals surface area contributed by atoms with Gasteiger partial charge in [0.1, 0.15) is 5.82 Å². The minimum absolute atomic E-state index is 0.0412. The van der Waals surface area contributed by atoms with Gasteiger partial charge in [-0.25, -0.2) is 4.39 Å². The molecule has 1 atom stereocenters. The first-order valence-corrected chi connectivity index (χ1v) is 7.24. The smallest absolute Gasteiger partial charge is 0.142 e. The van der Waals surface area contributed by atoms with Gasteiger partial charge < -0.3 is 5.73 Å². The first-order valence-electron chi connectivity index (χ1n) is 6.87. The number of aromatic nitrogens is 1. The van der Waals surface area contributed by atoms with Crippen molar-refractivity contribution < 1.29 is 4.39 Å². The summed E-state index contributed by atoms with van der Waals surface area (Å²) >= 11 is 5.72. The van der Waals surface area contributed by atoms with E-state index in [-0.39, 0.29) is 11.1 Å². The maximum atomic E-state index is 13.6. The minimum atomic E-state index is -0.411. The monoisotopic (exact) mass is 307 g/mol. The van der Waals surface area contributed by atoms with Gasteiger partial charge in [-0.1, -0.05) is 23.7 Å². The SMILES string of the molecule is CN(CCc1ccccn1)C(CN)c1ccc(Cl)c(F)c1. The molecule has 1 unspecified atom stereocenters. The molecule has 0 fully saturated rings.